The molecule has 0 saturated carbocycles. The lowest BCUT2D eigenvalue weighted by atomic mass is 10.5. The van der Waals surface area contributed by atoms with Crippen LogP contribution in [-0.2, 0) is 6.50 Å². The number of carboxylic acid groups (broad SMARTS) is 1. The lowest BCUT2D eigenvalue weighted by Crippen LogP contribution is -2.00. The third kappa shape index (κ3) is 1.15. The van der Waals surface area contributed by atoms with Gasteiger partial charge in [-0.1, -0.05) is 0 Å². The largest absolute Gasteiger partial charge is 0.476 e. The number of rotatable bonds is 2. The van der Waals surface area contributed by atoms with Gasteiger partial charge in [0, 0.05) is 16.8 Å². The third-order valence-corrected chi connectivity index (χ3v) is 0.923. The number of aromatic carboxylic acids is 1. The number of hydrogen-bond acceptors (Lipinski definition) is 2. The lowest BCUT2D eigenvalue weighted by molar-refractivity contribution is 0.0689. The summed E-state index contributed by atoms with van der Waals surface area (Å²) in [4.78, 5) is 10.5. The Kier molecular flexibility index (Phi) is 0.687. The smallest absolute Gasteiger partial charge is 0.356 e. The van der Waals surface area contributed by atoms with Crippen LogP contribution in [-0.4, -0.2) is 20.9 Å². The monoisotopic (exact) mass is 145 g/mol. The highest BCUT2D eigenvalue weighted by Crippen LogP contribution is 1.93. The summed E-state index contributed by atoms with van der Waals surface area (Å²) < 4.78 is 35.9. The summed E-state index contributed by atoms with van der Waals surface area (Å²) in [5.41, 5.74) is -0.400. The fraction of sp³-hybridized carbons (Fsp3) is 0.333. The summed E-state index contributed by atoms with van der Waals surface area (Å²) in [7, 11) is 0. The SMILES string of the molecule is [2H]C([2H])([2H])C([2H])([2H])n1ccc(C(=O)O)n1. The van der Waals surface area contributed by atoms with E-state index in [-0.39, 0.29) is 0 Å². The first-order valence-electron chi connectivity index (χ1n) is 4.96. The standard InChI is InChI=1S/C6H8N2O2/c1-2-8-4-3-5(7-8)6(9)10/h3-4H,2H2,1H3,(H,9,10)/i1D3,2D2. The van der Waals surface area contributed by atoms with E-state index >= 15 is 0 Å². The van der Waals surface area contributed by atoms with Crippen LogP contribution >= 0.6 is 0 Å². The first-order valence-corrected chi connectivity index (χ1v) is 2.46. The van der Waals surface area contributed by atoms with Crippen LogP contribution in [0.15, 0.2) is 12.3 Å². The summed E-state index contributed by atoms with van der Waals surface area (Å²) in [5, 5.41) is 11.9. The Morgan fingerprint density at radius 1 is 2.20 bits per heavy atom. The second kappa shape index (κ2) is 2.51. The molecule has 1 rings (SSSR count). The fourth-order valence-corrected chi connectivity index (χ4v) is 0.500. The summed E-state index contributed by atoms with van der Waals surface area (Å²) in [5.74, 6) is -1.34. The van der Waals surface area contributed by atoms with Crippen molar-refractivity contribution >= 4 is 5.97 Å². The van der Waals surface area contributed by atoms with Crippen molar-refractivity contribution in [2.24, 2.45) is 0 Å². The quantitative estimate of drug-likeness (QED) is 0.663. The number of nitrogens with zero attached hydrogens (tertiary/aromatic N) is 2. The highest BCUT2D eigenvalue weighted by molar-refractivity contribution is 5.84. The second-order valence-corrected chi connectivity index (χ2v) is 1.56. The molecule has 0 aromatic carbocycles. The molecule has 0 atom stereocenters. The topological polar surface area (TPSA) is 55.1 Å². The van der Waals surface area contributed by atoms with Gasteiger partial charge < -0.3 is 5.11 Å². The Bertz CT molecular complexity index is 383. The van der Waals surface area contributed by atoms with Crippen molar-refractivity contribution in [3.8, 4) is 0 Å². The van der Waals surface area contributed by atoms with Gasteiger partial charge in [-0.3, -0.25) is 4.68 Å². The van der Waals surface area contributed by atoms with Gasteiger partial charge >= 0.3 is 5.97 Å². The average molecular weight is 145 g/mol. The Morgan fingerprint density at radius 2 is 3.00 bits per heavy atom. The maximum absolute atomic E-state index is 10.5. The van der Waals surface area contributed by atoms with Crippen LogP contribution in [0.5, 0.6) is 0 Å². The van der Waals surface area contributed by atoms with Crippen LogP contribution in [0, 0.1) is 0 Å². The van der Waals surface area contributed by atoms with Crippen LogP contribution in [0.3, 0.4) is 0 Å². The fourth-order valence-electron chi connectivity index (χ4n) is 0.500. The number of aryl methyl sites for hydroxylation is 1. The zero-order valence-electron chi connectivity index (χ0n) is 9.90. The predicted molar refractivity (Wildman–Crippen MR) is 34.9 cm³/mol. The number of carboxylic acids is 1. The average Bonchev–Trinajstić information content (AvgIpc) is 2.49. The van der Waals surface area contributed by atoms with Crippen LogP contribution in [0.4, 0.5) is 0 Å². The molecule has 0 aliphatic rings. The number of hydrogen-bond donors (Lipinski definition) is 1. The van der Waals surface area contributed by atoms with Crippen LogP contribution in [0.1, 0.15) is 24.2 Å². The zero-order valence-corrected chi connectivity index (χ0v) is 4.90. The van der Waals surface area contributed by atoms with Gasteiger partial charge in [-0.25, -0.2) is 4.79 Å². The Hall–Kier alpha value is -1.32. The molecule has 0 amide bonds. The molecule has 0 aliphatic heterocycles. The Labute approximate surface area is 65.1 Å². The number of carbonyl (C=O) groups is 1. The maximum atomic E-state index is 10.5. The van der Waals surface area contributed by atoms with Crippen LogP contribution in [0.25, 0.3) is 0 Å². The maximum Gasteiger partial charge on any atom is 0.356 e. The highest BCUT2D eigenvalue weighted by Gasteiger charge is 2.04. The van der Waals surface area contributed by atoms with Gasteiger partial charge in [0.25, 0.3) is 0 Å². The van der Waals surface area contributed by atoms with Gasteiger partial charge in [-0.15, -0.1) is 0 Å². The molecular formula is C6H8N2O2. The van der Waals surface area contributed by atoms with E-state index in [0.717, 1.165) is 12.3 Å². The highest BCUT2D eigenvalue weighted by atomic mass is 16.4. The molecule has 0 radical (unpaired) electrons. The van der Waals surface area contributed by atoms with Crippen LogP contribution < -0.4 is 0 Å². The molecule has 1 aromatic rings. The molecule has 0 bridgehead atoms. The molecule has 0 aliphatic carbocycles. The van der Waals surface area contributed by atoms with Crippen molar-refractivity contribution in [1.82, 2.24) is 9.78 Å². The zero-order chi connectivity index (χ0) is 11.9. The molecule has 4 nitrogen and oxygen atoms in total. The molecule has 0 unspecified atom stereocenters. The van der Waals surface area contributed by atoms with Crippen molar-refractivity contribution in [3.63, 3.8) is 0 Å². The van der Waals surface area contributed by atoms with Crippen molar-refractivity contribution in [2.75, 3.05) is 0 Å². The molecule has 1 N–H and O–H groups in total. The van der Waals surface area contributed by atoms with Gasteiger partial charge in [0.1, 0.15) is 0 Å². The Balaban J connectivity index is 3.11. The van der Waals surface area contributed by atoms with Crippen LogP contribution in [0.2, 0.25) is 0 Å². The van der Waals surface area contributed by atoms with Gasteiger partial charge in [-0.2, -0.15) is 5.10 Å². The molecule has 0 saturated heterocycles. The van der Waals surface area contributed by atoms with E-state index in [1.807, 2.05) is 0 Å². The normalized spacial score (nSPS) is 19.8. The molecule has 1 aromatic heterocycles. The van der Waals surface area contributed by atoms with E-state index in [2.05, 4.69) is 5.10 Å². The summed E-state index contributed by atoms with van der Waals surface area (Å²) in [6.07, 6.45) is 0.982. The molecule has 4 heteroatoms. The summed E-state index contributed by atoms with van der Waals surface area (Å²) >= 11 is 0. The summed E-state index contributed by atoms with van der Waals surface area (Å²) in [6, 6.07) is 1.03. The first-order chi connectivity index (χ1) is 6.66. The van der Waals surface area contributed by atoms with E-state index in [0.29, 0.717) is 4.68 Å². The van der Waals surface area contributed by atoms with Gasteiger partial charge in [0.15, 0.2) is 5.69 Å². The molecule has 0 spiro atoms. The molecule has 54 valence electrons. The van der Waals surface area contributed by atoms with E-state index < -0.39 is 25.0 Å². The van der Waals surface area contributed by atoms with Gasteiger partial charge in [0.2, 0.25) is 0 Å². The van der Waals surface area contributed by atoms with E-state index in [9.17, 15) is 4.79 Å². The first kappa shape index (κ1) is 2.74. The minimum atomic E-state index is -2.91. The number of aromatic nitrogens is 2. The second-order valence-electron chi connectivity index (χ2n) is 1.56. The van der Waals surface area contributed by atoms with Crippen molar-refractivity contribution in [2.45, 2.75) is 13.3 Å². The van der Waals surface area contributed by atoms with Crippen molar-refractivity contribution in [1.29, 1.82) is 0 Å². The van der Waals surface area contributed by atoms with Gasteiger partial charge in [-0.05, 0) is 12.9 Å². The minimum absolute atomic E-state index is 0.400. The van der Waals surface area contributed by atoms with Crippen molar-refractivity contribution < 1.29 is 16.8 Å². The third-order valence-electron chi connectivity index (χ3n) is 0.923. The summed E-state index contributed by atoms with van der Waals surface area (Å²) in [6.45, 7) is -5.63. The molecule has 1 heterocycles. The lowest BCUT2D eigenvalue weighted by Gasteiger charge is -1.89. The Morgan fingerprint density at radius 3 is 3.50 bits per heavy atom. The molecule has 0 fully saturated rings. The van der Waals surface area contributed by atoms with E-state index in [4.69, 9.17) is 12.0 Å². The van der Waals surface area contributed by atoms with E-state index in [1.54, 1.807) is 0 Å². The van der Waals surface area contributed by atoms with Crippen molar-refractivity contribution in [3.05, 3.63) is 18.0 Å². The molecular weight excluding hydrogens is 132 g/mol. The minimum Gasteiger partial charge on any atom is -0.476 e. The predicted octanol–water partition coefficient (Wildman–Crippen LogP) is 0.601. The molecule has 10 heavy (non-hydrogen) atoms. The van der Waals surface area contributed by atoms with Gasteiger partial charge in [0.05, 0.1) is 2.74 Å². The van der Waals surface area contributed by atoms with E-state index in [1.165, 1.54) is 0 Å².